The fourth-order valence-electron chi connectivity index (χ4n) is 3.06. The van der Waals surface area contributed by atoms with Crippen LogP contribution in [0.4, 0.5) is 5.00 Å². The molecule has 3 rings (SSSR count). The molecule has 0 spiro atoms. The number of carbonyl (C=O) groups is 2. The molecule has 3 aromatic rings. The number of carbonyl (C=O) groups excluding carboxylic acids is 2. The summed E-state index contributed by atoms with van der Waals surface area (Å²) in [6.45, 7) is 4.27. The van der Waals surface area contributed by atoms with Crippen LogP contribution >= 0.6 is 34.5 Å². The maximum Gasteiger partial charge on any atom is 0.341 e. The number of ether oxygens (including phenoxy) is 1. The number of hydrogen-bond donors (Lipinski definition) is 1. The molecular weight excluding hydrogens is 467 g/mol. The second kappa shape index (κ2) is 11.0. The van der Waals surface area contributed by atoms with Crippen LogP contribution in [0, 0.1) is 0 Å². The first-order valence-corrected chi connectivity index (χ1v) is 11.7. The van der Waals surface area contributed by atoms with Gasteiger partial charge in [0.1, 0.15) is 5.00 Å². The van der Waals surface area contributed by atoms with Crippen LogP contribution < -0.4 is 5.32 Å². The molecule has 1 N–H and O–H groups in total. The zero-order valence-corrected chi connectivity index (χ0v) is 20.4. The number of thiophene rings is 1. The highest BCUT2D eigenvalue weighted by Gasteiger charge is 2.24. The monoisotopic (exact) mass is 490 g/mol. The zero-order valence-electron chi connectivity index (χ0n) is 18.0. The predicted molar refractivity (Wildman–Crippen MR) is 132 cm³/mol. The molecule has 5 nitrogen and oxygen atoms in total. The van der Waals surface area contributed by atoms with Gasteiger partial charge in [0.2, 0.25) is 5.91 Å². The van der Waals surface area contributed by atoms with Crippen molar-refractivity contribution in [2.24, 2.45) is 0 Å². The van der Waals surface area contributed by atoms with E-state index < -0.39 is 12.0 Å². The summed E-state index contributed by atoms with van der Waals surface area (Å²) < 4.78 is 5.19. The highest BCUT2D eigenvalue weighted by molar-refractivity contribution is 7.20. The summed E-state index contributed by atoms with van der Waals surface area (Å²) in [4.78, 5) is 28.3. The Balaban J connectivity index is 1.79. The van der Waals surface area contributed by atoms with Gasteiger partial charge in [0.25, 0.3) is 0 Å². The highest BCUT2D eigenvalue weighted by atomic mass is 35.5. The van der Waals surface area contributed by atoms with Crippen LogP contribution in [0.1, 0.15) is 29.8 Å². The number of nitrogens with zero attached hydrogens (tertiary/aromatic N) is 1. The average Bonchev–Trinajstić information content (AvgIpc) is 3.19. The Morgan fingerprint density at radius 2 is 1.84 bits per heavy atom. The Labute approximate surface area is 201 Å². The van der Waals surface area contributed by atoms with Gasteiger partial charge in [-0.25, -0.2) is 4.79 Å². The largest absolute Gasteiger partial charge is 0.462 e. The van der Waals surface area contributed by atoms with Crippen molar-refractivity contribution in [1.29, 1.82) is 0 Å². The number of nitrogens with one attached hydrogen (secondary N) is 1. The van der Waals surface area contributed by atoms with Gasteiger partial charge in [0, 0.05) is 21.5 Å². The summed E-state index contributed by atoms with van der Waals surface area (Å²) in [7, 11) is 1.84. The third kappa shape index (κ3) is 5.90. The van der Waals surface area contributed by atoms with Crippen LogP contribution in [-0.2, 0) is 16.1 Å². The standard InChI is InChI=1S/C24H24Cl2N2O3S/c1-4-31-24(30)19-13-21(16-8-6-5-7-9-16)32-23(19)27-22(29)15(2)28(3)14-17-10-11-18(25)12-20(17)26/h5-13,15H,4,14H2,1-3H3,(H,27,29)/t15-/m1/s1. The normalized spacial score (nSPS) is 11.9. The van der Waals surface area contributed by atoms with Crippen molar-refractivity contribution in [2.45, 2.75) is 26.4 Å². The molecule has 0 radical (unpaired) electrons. The highest BCUT2D eigenvalue weighted by Crippen LogP contribution is 2.36. The van der Waals surface area contributed by atoms with E-state index in [1.54, 1.807) is 32.0 Å². The fraction of sp³-hybridized carbons (Fsp3) is 0.250. The number of anilines is 1. The van der Waals surface area contributed by atoms with Crippen molar-refractivity contribution in [3.63, 3.8) is 0 Å². The van der Waals surface area contributed by atoms with Crippen molar-refractivity contribution < 1.29 is 14.3 Å². The molecule has 1 amide bonds. The maximum atomic E-state index is 13.0. The molecule has 32 heavy (non-hydrogen) atoms. The number of halogens is 2. The number of amides is 1. The van der Waals surface area contributed by atoms with Gasteiger partial charge in [-0.2, -0.15) is 0 Å². The number of likely N-dealkylation sites (N-methyl/N-ethyl adjacent to an activating group) is 1. The smallest absolute Gasteiger partial charge is 0.341 e. The van der Waals surface area contributed by atoms with E-state index in [-0.39, 0.29) is 12.5 Å². The molecule has 1 heterocycles. The first kappa shape index (κ1) is 24.3. The minimum atomic E-state index is -0.473. The Kier molecular flexibility index (Phi) is 8.32. The van der Waals surface area contributed by atoms with E-state index in [0.717, 1.165) is 16.0 Å². The van der Waals surface area contributed by atoms with Crippen LogP contribution in [0.3, 0.4) is 0 Å². The topological polar surface area (TPSA) is 58.6 Å². The van der Waals surface area contributed by atoms with Crippen molar-refractivity contribution in [3.8, 4) is 10.4 Å². The van der Waals surface area contributed by atoms with Gasteiger partial charge in [-0.15, -0.1) is 11.3 Å². The SMILES string of the molecule is CCOC(=O)c1cc(-c2ccccc2)sc1NC(=O)[C@@H](C)N(C)Cc1ccc(Cl)cc1Cl. The molecule has 0 aliphatic heterocycles. The lowest BCUT2D eigenvalue weighted by atomic mass is 10.1. The molecule has 0 aliphatic rings. The van der Waals surface area contributed by atoms with E-state index in [4.69, 9.17) is 27.9 Å². The summed E-state index contributed by atoms with van der Waals surface area (Å²) >= 11 is 13.6. The minimum absolute atomic E-state index is 0.232. The Morgan fingerprint density at radius 1 is 1.12 bits per heavy atom. The fourth-order valence-corrected chi connectivity index (χ4v) is 4.58. The van der Waals surface area contributed by atoms with Gasteiger partial charge in [-0.3, -0.25) is 9.69 Å². The lowest BCUT2D eigenvalue weighted by molar-refractivity contribution is -0.120. The van der Waals surface area contributed by atoms with Crippen molar-refractivity contribution in [1.82, 2.24) is 4.90 Å². The summed E-state index contributed by atoms with van der Waals surface area (Å²) in [6, 6.07) is 16.3. The molecule has 8 heteroatoms. The number of benzene rings is 2. The van der Waals surface area contributed by atoms with E-state index in [2.05, 4.69) is 5.32 Å². The van der Waals surface area contributed by atoms with E-state index >= 15 is 0 Å². The average molecular weight is 491 g/mol. The molecule has 168 valence electrons. The number of hydrogen-bond acceptors (Lipinski definition) is 5. The zero-order chi connectivity index (χ0) is 23.3. The summed E-state index contributed by atoms with van der Waals surface area (Å²) in [5.41, 5.74) is 2.18. The minimum Gasteiger partial charge on any atom is -0.462 e. The van der Waals surface area contributed by atoms with Crippen LogP contribution in [0.15, 0.2) is 54.6 Å². The predicted octanol–water partition coefficient (Wildman–Crippen LogP) is 6.36. The summed E-state index contributed by atoms with van der Waals surface area (Å²) in [6.07, 6.45) is 0. The van der Waals surface area contributed by atoms with E-state index in [1.165, 1.54) is 11.3 Å². The van der Waals surface area contributed by atoms with Crippen LogP contribution in [-0.4, -0.2) is 36.5 Å². The molecule has 0 bridgehead atoms. The van der Waals surface area contributed by atoms with Gasteiger partial charge >= 0.3 is 5.97 Å². The van der Waals surface area contributed by atoms with Gasteiger partial charge in [-0.1, -0.05) is 59.6 Å². The second-order valence-corrected chi connectivity index (χ2v) is 9.15. The molecule has 0 fully saturated rings. The molecule has 2 aromatic carbocycles. The van der Waals surface area contributed by atoms with Crippen LogP contribution in [0.2, 0.25) is 10.0 Å². The molecule has 0 saturated carbocycles. The summed E-state index contributed by atoms with van der Waals surface area (Å²) in [5, 5.41) is 4.49. The van der Waals surface area contributed by atoms with Crippen LogP contribution in [0.25, 0.3) is 10.4 Å². The Bertz CT molecular complexity index is 1100. The lowest BCUT2D eigenvalue weighted by Crippen LogP contribution is -2.39. The second-order valence-electron chi connectivity index (χ2n) is 7.26. The summed E-state index contributed by atoms with van der Waals surface area (Å²) in [5.74, 6) is -0.695. The molecular formula is C24H24Cl2N2O3S. The van der Waals surface area contributed by atoms with Crippen LogP contribution in [0.5, 0.6) is 0 Å². The molecule has 0 saturated heterocycles. The Morgan fingerprint density at radius 3 is 2.50 bits per heavy atom. The lowest BCUT2D eigenvalue weighted by Gasteiger charge is -2.24. The van der Waals surface area contributed by atoms with E-state index in [1.807, 2.05) is 48.3 Å². The number of esters is 1. The van der Waals surface area contributed by atoms with Crippen molar-refractivity contribution >= 4 is 51.4 Å². The van der Waals surface area contributed by atoms with E-state index in [0.29, 0.717) is 27.2 Å². The molecule has 0 unspecified atom stereocenters. The first-order chi connectivity index (χ1) is 15.3. The van der Waals surface area contributed by atoms with Gasteiger partial charge < -0.3 is 10.1 Å². The molecule has 1 atom stereocenters. The Hall–Kier alpha value is -2.38. The van der Waals surface area contributed by atoms with Gasteiger partial charge in [0.05, 0.1) is 18.2 Å². The number of rotatable bonds is 8. The quantitative estimate of drug-likeness (QED) is 0.373. The third-order valence-corrected chi connectivity index (χ3v) is 6.68. The van der Waals surface area contributed by atoms with Crippen molar-refractivity contribution in [2.75, 3.05) is 19.0 Å². The third-order valence-electron chi connectivity index (χ3n) is 5.00. The molecule has 0 aliphatic carbocycles. The van der Waals surface area contributed by atoms with E-state index in [9.17, 15) is 9.59 Å². The van der Waals surface area contributed by atoms with Gasteiger partial charge in [0.15, 0.2) is 0 Å². The molecule has 1 aromatic heterocycles. The van der Waals surface area contributed by atoms with Crippen molar-refractivity contribution in [3.05, 3.63) is 75.8 Å². The van der Waals surface area contributed by atoms with Gasteiger partial charge in [-0.05, 0) is 50.2 Å². The maximum absolute atomic E-state index is 13.0. The first-order valence-electron chi connectivity index (χ1n) is 10.1.